The Hall–Kier alpha value is -3.93. The van der Waals surface area contributed by atoms with Crippen molar-refractivity contribution in [3.8, 4) is 17.1 Å². The third kappa shape index (κ3) is 2.23. The Balaban J connectivity index is 1.46. The SMILES string of the molecule is c1ccc2[nH][n+](-c3ccc4nc(-c5ccc6ocnc6c5)[nH]c4c3)cc2c1. The first kappa shape index (κ1) is 14.3. The Labute approximate surface area is 153 Å². The fraction of sp³-hybridized carbons (Fsp3) is 0. The van der Waals surface area contributed by atoms with Gasteiger partial charge in [-0.2, -0.15) is 5.10 Å². The van der Waals surface area contributed by atoms with Crippen molar-refractivity contribution in [2.75, 3.05) is 0 Å². The molecule has 0 aliphatic rings. The molecule has 6 nitrogen and oxygen atoms in total. The highest BCUT2D eigenvalue weighted by atomic mass is 16.3. The Morgan fingerprint density at radius 3 is 2.81 bits per heavy atom. The molecule has 0 saturated heterocycles. The van der Waals surface area contributed by atoms with Crippen molar-refractivity contribution in [1.29, 1.82) is 0 Å². The average molecular weight is 352 g/mol. The number of nitrogens with zero attached hydrogens (tertiary/aromatic N) is 3. The van der Waals surface area contributed by atoms with E-state index in [-0.39, 0.29) is 0 Å². The number of para-hydroxylation sites is 1. The lowest BCUT2D eigenvalue weighted by Gasteiger charge is -1.95. The minimum absolute atomic E-state index is 0.771. The van der Waals surface area contributed by atoms with Gasteiger partial charge in [0.2, 0.25) is 11.9 Å². The topological polar surface area (TPSA) is 74.4 Å². The van der Waals surface area contributed by atoms with E-state index in [0.29, 0.717) is 0 Å². The van der Waals surface area contributed by atoms with Crippen LogP contribution in [0.4, 0.5) is 0 Å². The molecule has 0 aliphatic carbocycles. The lowest BCUT2D eigenvalue weighted by molar-refractivity contribution is -0.652. The number of fused-ring (bicyclic) bond motifs is 3. The zero-order valence-electron chi connectivity index (χ0n) is 14.2. The molecule has 3 aromatic carbocycles. The number of aromatic amines is 2. The number of nitrogens with one attached hydrogen (secondary N) is 2. The number of benzene rings is 3. The second kappa shape index (κ2) is 5.28. The second-order valence-corrected chi connectivity index (χ2v) is 6.52. The first-order chi connectivity index (χ1) is 13.3. The maximum Gasteiger partial charge on any atom is 0.237 e. The quantitative estimate of drug-likeness (QED) is 0.460. The normalized spacial score (nSPS) is 11.7. The van der Waals surface area contributed by atoms with Gasteiger partial charge in [0.1, 0.15) is 16.9 Å². The maximum absolute atomic E-state index is 5.31. The number of hydrogen-bond acceptors (Lipinski definition) is 3. The van der Waals surface area contributed by atoms with Crippen molar-refractivity contribution >= 4 is 33.0 Å². The molecule has 0 atom stereocenters. The van der Waals surface area contributed by atoms with Gasteiger partial charge in [0, 0.05) is 17.7 Å². The Morgan fingerprint density at radius 2 is 1.85 bits per heavy atom. The summed E-state index contributed by atoms with van der Waals surface area (Å²) in [6, 6.07) is 20.3. The van der Waals surface area contributed by atoms with E-state index in [0.717, 1.165) is 44.7 Å². The molecule has 0 spiro atoms. The van der Waals surface area contributed by atoms with Gasteiger partial charge in [-0.3, -0.25) is 0 Å². The molecule has 3 heterocycles. The van der Waals surface area contributed by atoms with Crippen molar-refractivity contribution in [2.45, 2.75) is 0 Å². The van der Waals surface area contributed by atoms with Crippen LogP contribution in [0.25, 0.3) is 50.1 Å². The molecule has 0 bridgehead atoms. The molecular formula is C21H14N5O+. The van der Waals surface area contributed by atoms with E-state index in [4.69, 9.17) is 9.40 Å². The van der Waals surface area contributed by atoms with E-state index in [9.17, 15) is 0 Å². The summed E-state index contributed by atoms with van der Waals surface area (Å²) >= 11 is 0. The summed E-state index contributed by atoms with van der Waals surface area (Å²) in [7, 11) is 0. The molecule has 6 aromatic rings. The smallest absolute Gasteiger partial charge is 0.237 e. The molecule has 128 valence electrons. The van der Waals surface area contributed by atoms with Gasteiger partial charge in [-0.05, 0) is 36.4 Å². The zero-order valence-corrected chi connectivity index (χ0v) is 14.2. The molecular weight excluding hydrogens is 338 g/mol. The number of oxazole rings is 1. The van der Waals surface area contributed by atoms with Crippen LogP contribution in [0.15, 0.2) is 77.7 Å². The van der Waals surface area contributed by atoms with E-state index >= 15 is 0 Å². The molecule has 6 rings (SSSR count). The fourth-order valence-electron chi connectivity index (χ4n) is 3.44. The van der Waals surface area contributed by atoms with Gasteiger partial charge in [-0.1, -0.05) is 16.8 Å². The minimum Gasteiger partial charge on any atom is -0.443 e. The molecule has 27 heavy (non-hydrogen) atoms. The van der Waals surface area contributed by atoms with Crippen molar-refractivity contribution < 1.29 is 9.10 Å². The van der Waals surface area contributed by atoms with Gasteiger partial charge >= 0.3 is 0 Å². The summed E-state index contributed by atoms with van der Waals surface area (Å²) in [4.78, 5) is 12.4. The van der Waals surface area contributed by atoms with E-state index in [1.54, 1.807) is 0 Å². The van der Waals surface area contributed by atoms with E-state index in [1.807, 2.05) is 41.1 Å². The van der Waals surface area contributed by atoms with Gasteiger partial charge in [0.05, 0.1) is 16.4 Å². The number of rotatable bonds is 2. The largest absolute Gasteiger partial charge is 0.443 e. The van der Waals surface area contributed by atoms with Crippen LogP contribution < -0.4 is 4.68 Å². The predicted molar refractivity (Wildman–Crippen MR) is 102 cm³/mol. The number of imidazole rings is 1. The number of aromatic nitrogens is 5. The van der Waals surface area contributed by atoms with Crippen LogP contribution in [-0.2, 0) is 0 Å². The predicted octanol–water partition coefficient (Wildman–Crippen LogP) is 4.13. The van der Waals surface area contributed by atoms with Crippen molar-refractivity contribution in [3.63, 3.8) is 0 Å². The fourth-order valence-corrected chi connectivity index (χ4v) is 3.44. The lowest BCUT2D eigenvalue weighted by Crippen LogP contribution is -2.31. The van der Waals surface area contributed by atoms with Crippen LogP contribution in [0.1, 0.15) is 0 Å². The lowest BCUT2D eigenvalue weighted by atomic mass is 10.2. The van der Waals surface area contributed by atoms with Crippen LogP contribution >= 0.6 is 0 Å². The molecule has 0 aliphatic heterocycles. The van der Waals surface area contributed by atoms with Gasteiger partial charge < -0.3 is 9.40 Å². The standard InChI is InChI=1S/C21H13N5O/c1-2-4-16-14(3-1)11-26(25-16)15-6-7-17-18(10-15)24-21(23-17)13-5-8-20-19(9-13)22-12-27-20/h1-12H,(H,23,24)/p+1. The maximum atomic E-state index is 5.31. The van der Waals surface area contributed by atoms with Crippen LogP contribution in [0.3, 0.4) is 0 Å². The summed E-state index contributed by atoms with van der Waals surface area (Å²) in [5.74, 6) is 0.814. The summed E-state index contributed by atoms with van der Waals surface area (Å²) in [6.07, 6.45) is 3.54. The Morgan fingerprint density at radius 1 is 0.889 bits per heavy atom. The Kier molecular flexibility index (Phi) is 2.79. The summed E-state index contributed by atoms with van der Waals surface area (Å²) < 4.78 is 7.33. The monoisotopic (exact) mass is 352 g/mol. The number of hydrogen-bond donors (Lipinski definition) is 2. The second-order valence-electron chi connectivity index (χ2n) is 6.52. The zero-order chi connectivity index (χ0) is 17.8. The molecule has 0 fully saturated rings. The highest BCUT2D eigenvalue weighted by molar-refractivity contribution is 5.84. The molecule has 0 unspecified atom stereocenters. The summed E-state index contributed by atoms with van der Waals surface area (Å²) in [6.45, 7) is 0. The van der Waals surface area contributed by atoms with E-state index in [2.05, 4.69) is 45.5 Å². The van der Waals surface area contributed by atoms with Crippen LogP contribution in [0.5, 0.6) is 0 Å². The van der Waals surface area contributed by atoms with Gasteiger partial charge in [-0.15, -0.1) is 0 Å². The highest BCUT2D eigenvalue weighted by Gasteiger charge is 2.14. The van der Waals surface area contributed by atoms with E-state index < -0.39 is 0 Å². The van der Waals surface area contributed by atoms with Crippen LogP contribution in [0.2, 0.25) is 0 Å². The minimum atomic E-state index is 0.771. The average Bonchev–Trinajstić information content (AvgIpc) is 3.42. The molecule has 0 amide bonds. The molecule has 0 radical (unpaired) electrons. The van der Waals surface area contributed by atoms with Crippen LogP contribution in [-0.4, -0.2) is 20.1 Å². The van der Waals surface area contributed by atoms with Gasteiger partial charge in [0.25, 0.3) is 0 Å². The van der Waals surface area contributed by atoms with Crippen molar-refractivity contribution in [1.82, 2.24) is 20.1 Å². The third-order valence-corrected chi connectivity index (χ3v) is 4.82. The van der Waals surface area contributed by atoms with Crippen molar-refractivity contribution in [2.24, 2.45) is 0 Å². The summed E-state index contributed by atoms with van der Waals surface area (Å²) in [5.41, 5.74) is 6.62. The molecule has 0 saturated carbocycles. The molecule has 6 heteroatoms. The third-order valence-electron chi connectivity index (χ3n) is 4.82. The summed E-state index contributed by atoms with van der Waals surface area (Å²) in [5, 5.41) is 4.57. The molecule has 2 N–H and O–H groups in total. The van der Waals surface area contributed by atoms with Gasteiger partial charge in [-0.25, -0.2) is 9.97 Å². The van der Waals surface area contributed by atoms with Crippen LogP contribution in [0, 0.1) is 0 Å². The van der Waals surface area contributed by atoms with E-state index in [1.165, 1.54) is 11.8 Å². The first-order valence-electron chi connectivity index (χ1n) is 8.67. The first-order valence-corrected chi connectivity index (χ1v) is 8.67. The van der Waals surface area contributed by atoms with Crippen molar-refractivity contribution in [3.05, 3.63) is 73.3 Å². The highest BCUT2D eigenvalue weighted by Crippen LogP contribution is 2.24. The molecule has 3 aromatic heterocycles. The Bertz CT molecular complexity index is 1410. The van der Waals surface area contributed by atoms with Gasteiger partial charge in [0.15, 0.2) is 12.0 Å². The number of H-pyrrole nitrogens is 2.